The van der Waals surface area contributed by atoms with Crippen molar-refractivity contribution in [2.45, 2.75) is 30.7 Å². The van der Waals surface area contributed by atoms with Gasteiger partial charge in [0.25, 0.3) is 0 Å². The van der Waals surface area contributed by atoms with Gasteiger partial charge in [-0.3, -0.25) is 9.59 Å². The van der Waals surface area contributed by atoms with E-state index in [2.05, 4.69) is 0 Å². The van der Waals surface area contributed by atoms with Crippen molar-refractivity contribution in [2.75, 3.05) is 18.1 Å². The van der Waals surface area contributed by atoms with Crippen molar-refractivity contribution in [2.24, 2.45) is 0 Å². The first kappa shape index (κ1) is 14.4. The number of carboxylic acid groups (broad SMARTS) is 1. The van der Waals surface area contributed by atoms with Crippen molar-refractivity contribution in [3.8, 4) is 0 Å². The van der Waals surface area contributed by atoms with Gasteiger partial charge in [-0.05, 0) is 18.4 Å². The second kappa shape index (κ2) is 5.72. The summed E-state index contributed by atoms with van der Waals surface area (Å²) in [6.45, 7) is 0.663. The summed E-state index contributed by atoms with van der Waals surface area (Å²) in [6.07, 6.45) is 1.79. The van der Waals surface area contributed by atoms with Crippen LogP contribution in [0, 0.1) is 0 Å². The Morgan fingerprint density at radius 1 is 1.29 bits per heavy atom. The Morgan fingerprint density at radius 2 is 2.00 bits per heavy atom. The molecule has 112 valence electrons. The van der Waals surface area contributed by atoms with Crippen molar-refractivity contribution in [1.29, 1.82) is 0 Å². The number of thioether (sulfide) groups is 1. The number of benzene rings is 1. The molecule has 0 spiro atoms. The number of rotatable bonds is 4. The summed E-state index contributed by atoms with van der Waals surface area (Å²) >= 11 is 1.74. The van der Waals surface area contributed by atoms with Gasteiger partial charge in [-0.1, -0.05) is 30.3 Å². The summed E-state index contributed by atoms with van der Waals surface area (Å²) < 4.78 is 0. The van der Waals surface area contributed by atoms with Crippen LogP contribution in [0.5, 0.6) is 0 Å². The Hall–Kier alpha value is -1.49. The first-order valence-electron chi connectivity index (χ1n) is 7.30. The van der Waals surface area contributed by atoms with E-state index in [9.17, 15) is 9.59 Å². The van der Waals surface area contributed by atoms with E-state index in [0.717, 1.165) is 29.9 Å². The van der Waals surface area contributed by atoms with E-state index < -0.39 is 5.97 Å². The molecule has 2 fully saturated rings. The molecule has 1 saturated carbocycles. The molecule has 3 rings (SSSR count). The Morgan fingerprint density at radius 3 is 2.62 bits per heavy atom. The summed E-state index contributed by atoms with van der Waals surface area (Å²) in [6, 6.07) is 9.72. The third-order valence-corrected chi connectivity index (χ3v) is 5.48. The highest BCUT2D eigenvalue weighted by Crippen LogP contribution is 2.50. The van der Waals surface area contributed by atoms with E-state index in [1.54, 1.807) is 11.8 Å². The van der Waals surface area contributed by atoms with Gasteiger partial charge < -0.3 is 10.0 Å². The number of carboxylic acids is 1. The first-order chi connectivity index (χ1) is 10.1. The fraction of sp³-hybridized carbons (Fsp3) is 0.500. The third-order valence-electron chi connectivity index (χ3n) is 4.38. The molecule has 1 aromatic rings. The van der Waals surface area contributed by atoms with E-state index in [0.29, 0.717) is 6.54 Å². The second-order valence-electron chi connectivity index (χ2n) is 5.77. The van der Waals surface area contributed by atoms with Gasteiger partial charge in [-0.2, -0.15) is 11.8 Å². The van der Waals surface area contributed by atoms with E-state index in [1.165, 1.54) is 0 Å². The van der Waals surface area contributed by atoms with Gasteiger partial charge in [0.05, 0.1) is 17.9 Å². The zero-order valence-corrected chi connectivity index (χ0v) is 12.6. The molecule has 0 bridgehead atoms. The van der Waals surface area contributed by atoms with Gasteiger partial charge in [-0.15, -0.1) is 0 Å². The minimum Gasteiger partial charge on any atom is -0.481 e. The molecule has 5 heteroatoms. The van der Waals surface area contributed by atoms with E-state index in [1.807, 2.05) is 35.2 Å². The highest BCUT2D eigenvalue weighted by molar-refractivity contribution is 7.99. The van der Waals surface area contributed by atoms with Crippen molar-refractivity contribution < 1.29 is 14.7 Å². The lowest BCUT2D eigenvalue weighted by Gasteiger charge is -2.37. The lowest BCUT2D eigenvalue weighted by molar-refractivity contribution is -0.141. The number of hydrogen-bond acceptors (Lipinski definition) is 3. The molecule has 0 aromatic heterocycles. The molecular weight excluding hydrogens is 286 g/mol. The van der Waals surface area contributed by atoms with Crippen molar-refractivity contribution >= 4 is 23.6 Å². The number of carbonyl (C=O) groups excluding carboxylic acids is 1. The quantitative estimate of drug-likeness (QED) is 0.926. The summed E-state index contributed by atoms with van der Waals surface area (Å²) in [7, 11) is 0. The monoisotopic (exact) mass is 305 g/mol. The predicted molar refractivity (Wildman–Crippen MR) is 82.4 cm³/mol. The minimum atomic E-state index is -0.829. The molecule has 21 heavy (non-hydrogen) atoms. The minimum absolute atomic E-state index is 0.0452. The summed E-state index contributed by atoms with van der Waals surface area (Å²) in [5.41, 5.74) is 0.683. The molecule has 1 aliphatic carbocycles. The highest BCUT2D eigenvalue weighted by atomic mass is 32.2. The van der Waals surface area contributed by atoms with Crippen LogP contribution in [-0.2, 0) is 15.0 Å². The van der Waals surface area contributed by atoms with Gasteiger partial charge in [0.15, 0.2) is 0 Å². The SMILES string of the molecule is O=C(O)CC1CSCCN1C(=O)C1(c2ccccc2)CC1. The zero-order chi connectivity index (χ0) is 14.9. The molecule has 1 aromatic carbocycles. The van der Waals surface area contributed by atoms with E-state index in [4.69, 9.17) is 5.11 Å². The van der Waals surface area contributed by atoms with E-state index >= 15 is 0 Å². The normalized spacial score (nSPS) is 23.6. The molecule has 1 atom stereocenters. The van der Waals surface area contributed by atoms with Crippen LogP contribution in [0.15, 0.2) is 30.3 Å². The largest absolute Gasteiger partial charge is 0.481 e. The van der Waals surface area contributed by atoms with Crippen LogP contribution in [0.25, 0.3) is 0 Å². The number of amides is 1. The predicted octanol–water partition coefficient (Wildman–Crippen LogP) is 2.14. The Bertz CT molecular complexity index is 542. The Labute approximate surface area is 128 Å². The number of carbonyl (C=O) groups is 2. The number of hydrogen-bond donors (Lipinski definition) is 1. The topological polar surface area (TPSA) is 57.6 Å². The van der Waals surface area contributed by atoms with Crippen molar-refractivity contribution in [1.82, 2.24) is 4.90 Å². The number of aliphatic carboxylic acids is 1. The molecule has 1 unspecified atom stereocenters. The lowest BCUT2D eigenvalue weighted by Crippen LogP contribution is -2.50. The van der Waals surface area contributed by atoms with Gasteiger partial charge >= 0.3 is 5.97 Å². The van der Waals surface area contributed by atoms with E-state index in [-0.39, 0.29) is 23.8 Å². The smallest absolute Gasteiger partial charge is 0.305 e. The van der Waals surface area contributed by atoms with Gasteiger partial charge in [0.2, 0.25) is 5.91 Å². The molecule has 1 heterocycles. The fourth-order valence-corrected chi connectivity index (χ4v) is 4.14. The average molecular weight is 305 g/mol. The fourth-order valence-electron chi connectivity index (χ4n) is 3.08. The van der Waals surface area contributed by atoms with Crippen molar-refractivity contribution in [3.05, 3.63) is 35.9 Å². The van der Waals surface area contributed by atoms with Crippen LogP contribution >= 0.6 is 11.8 Å². The molecule has 2 aliphatic rings. The summed E-state index contributed by atoms with van der Waals surface area (Å²) in [5.74, 6) is 0.917. The van der Waals surface area contributed by atoms with Crippen LogP contribution in [0.2, 0.25) is 0 Å². The van der Waals surface area contributed by atoms with Crippen LogP contribution in [-0.4, -0.2) is 46.0 Å². The molecule has 1 N–H and O–H groups in total. The maximum Gasteiger partial charge on any atom is 0.305 e. The third kappa shape index (κ3) is 2.79. The first-order valence-corrected chi connectivity index (χ1v) is 8.45. The maximum atomic E-state index is 13.0. The van der Waals surface area contributed by atoms with Gasteiger partial charge in [0, 0.05) is 18.1 Å². The second-order valence-corrected chi connectivity index (χ2v) is 6.92. The maximum absolute atomic E-state index is 13.0. The Kier molecular flexibility index (Phi) is 3.93. The number of nitrogens with zero attached hydrogens (tertiary/aromatic N) is 1. The van der Waals surface area contributed by atoms with Gasteiger partial charge in [-0.25, -0.2) is 0 Å². The lowest BCUT2D eigenvalue weighted by atomic mass is 9.93. The molecule has 1 amide bonds. The summed E-state index contributed by atoms with van der Waals surface area (Å²) in [5, 5.41) is 9.05. The molecule has 4 nitrogen and oxygen atoms in total. The zero-order valence-electron chi connectivity index (χ0n) is 11.8. The molecular formula is C16H19NO3S. The highest BCUT2D eigenvalue weighted by Gasteiger charge is 2.54. The molecule has 1 aliphatic heterocycles. The average Bonchev–Trinajstić information content (AvgIpc) is 3.29. The van der Waals surface area contributed by atoms with Crippen LogP contribution in [0.3, 0.4) is 0 Å². The summed E-state index contributed by atoms with van der Waals surface area (Å²) in [4.78, 5) is 25.8. The van der Waals surface area contributed by atoms with Crippen LogP contribution < -0.4 is 0 Å². The van der Waals surface area contributed by atoms with Crippen LogP contribution in [0.4, 0.5) is 0 Å². The standard InChI is InChI=1S/C16H19NO3S/c18-14(19)10-13-11-21-9-8-17(13)15(20)16(6-7-16)12-4-2-1-3-5-12/h1-5,13H,6-11H2,(H,18,19). The molecule has 1 saturated heterocycles. The Balaban J connectivity index is 1.81. The molecule has 0 radical (unpaired) electrons. The van der Waals surface area contributed by atoms with Gasteiger partial charge in [0.1, 0.15) is 0 Å². The van der Waals surface area contributed by atoms with Crippen LogP contribution in [0.1, 0.15) is 24.8 Å². The van der Waals surface area contributed by atoms with Crippen molar-refractivity contribution in [3.63, 3.8) is 0 Å².